The Morgan fingerprint density at radius 2 is 0.596 bits per heavy atom. The zero-order valence-electron chi connectivity index (χ0n) is 28.3. The second kappa shape index (κ2) is 10.4. The van der Waals surface area contributed by atoms with E-state index in [4.69, 9.17) is 6.42 Å². The zero-order valence-corrected chi connectivity index (χ0v) is 28.3. The van der Waals surface area contributed by atoms with Crippen molar-refractivity contribution in [2.24, 2.45) is 0 Å². The predicted molar refractivity (Wildman–Crippen MR) is 208 cm³/mol. The van der Waals surface area contributed by atoms with Gasteiger partial charge in [0, 0.05) is 17.0 Å². The first-order valence-corrected chi connectivity index (χ1v) is 17.9. The second-order valence-electron chi connectivity index (χ2n) is 14.3. The quantitative estimate of drug-likeness (QED) is 0.143. The summed E-state index contributed by atoms with van der Waals surface area (Å²) in [5, 5.41) is 0. The van der Waals surface area contributed by atoms with Crippen LogP contribution in [0.3, 0.4) is 0 Å². The molecule has 6 aliphatic carbocycles. The van der Waals surface area contributed by atoms with Crippen molar-refractivity contribution in [3.05, 3.63) is 248 Å². The molecular formula is C52H30. The minimum Gasteiger partial charge on any atom is -0.118 e. The molecule has 52 heavy (non-hydrogen) atoms. The van der Waals surface area contributed by atoms with Gasteiger partial charge in [0.15, 0.2) is 0 Å². The molecule has 13 rings (SSSR count). The van der Waals surface area contributed by atoms with Gasteiger partial charge < -0.3 is 0 Å². The first-order valence-electron chi connectivity index (χ1n) is 17.9. The minimum atomic E-state index is -0.647. The Balaban J connectivity index is 1.05. The van der Waals surface area contributed by atoms with Crippen molar-refractivity contribution in [2.75, 3.05) is 0 Å². The van der Waals surface area contributed by atoms with Gasteiger partial charge in [0.2, 0.25) is 0 Å². The highest BCUT2D eigenvalue weighted by atomic mass is 14.6. The zero-order chi connectivity index (χ0) is 34.5. The van der Waals surface area contributed by atoms with Crippen LogP contribution in [0.15, 0.2) is 170 Å². The Kier molecular flexibility index (Phi) is 5.79. The molecule has 238 valence electrons. The summed E-state index contributed by atoms with van der Waals surface area (Å²) < 4.78 is 0. The third-order valence-electron chi connectivity index (χ3n) is 12.1. The Morgan fingerprint density at radius 3 is 0.923 bits per heavy atom. The van der Waals surface area contributed by atoms with Crippen molar-refractivity contribution < 1.29 is 0 Å². The van der Waals surface area contributed by atoms with E-state index in [0.717, 1.165) is 27.8 Å². The lowest BCUT2D eigenvalue weighted by molar-refractivity contribution is 0.606. The Bertz CT molecular complexity index is 2600. The van der Waals surface area contributed by atoms with Crippen LogP contribution in [-0.4, -0.2) is 0 Å². The lowest BCUT2D eigenvalue weighted by Crippen LogP contribution is -2.49. The highest BCUT2D eigenvalue weighted by Crippen LogP contribution is 2.62. The fourth-order valence-corrected chi connectivity index (χ4v) is 10.1. The van der Waals surface area contributed by atoms with E-state index < -0.39 is 16.2 Å². The molecule has 0 heteroatoms. The maximum absolute atomic E-state index is 6.51. The maximum Gasteiger partial charge on any atom is 0.108 e. The molecule has 6 aliphatic rings. The van der Waals surface area contributed by atoms with Gasteiger partial charge in [0.25, 0.3) is 0 Å². The molecule has 0 fully saturated rings. The molecule has 0 amide bonds. The van der Waals surface area contributed by atoms with Gasteiger partial charge in [-0.15, -0.1) is 6.42 Å². The van der Waals surface area contributed by atoms with Crippen molar-refractivity contribution in [3.63, 3.8) is 0 Å². The highest BCUT2D eigenvalue weighted by Gasteiger charge is 2.58. The van der Waals surface area contributed by atoms with E-state index in [2.05, 4.69) is 199 Å². The Morgan fingerprint density at radius 1 is 0.327 bits per heavy atom. The fraction of sp³-hybridized carbons (Fsp3) is 0.0769. The minimum absolute atomic E-state index is 0.229. The van der Waals surface area contributed by atoms with E-state index in [1.807, 2.05) is 0 Å². The summed E-state index contributed by atoms with van der Waals surface area (Å²) in [6.07, 6.45) is 6.51. The SMILES string of the molecule is C#CC12c3ccccc3C(C#Cc3ccc(C#CC45c6ccccc6C(c6ccccc64)c4ccccc45)cc3)(c3ccccc31)c1ccccc12. The van der Waals surface area contributed by atoms with E-state index in [9.17, 15) is 0 Å². The maximum atomic E-state index is 6.51. The smallest absolute Gasteiger partial charge is 0.108 e. The highest BCUT2D eigenvalue weighted by molar-refractivity contribution is 5.82. The van der Waals surface area contributed by atoms with Crippen LogP contribution in [0.1, 0.15) is 83.8 Å². The third-order valence-corrected chi connectivity index (χ3v) is 12.1. The molecule has 0 saturated carbocycles. The molecular weight excluding hydrogens is 625 g/mol. The number of hydrogen-bond donors (Lipinski definition) is 0. The molecule has 0 radical (unpaired) electrons. The summed E-state index contributed by atoms with van der Waals surface area (Å²) >= 11 is 0. The van der Waals surface area contributed by atoms with Crippen molar-refractivity contribution in [1.82, 2.24) is 0 Å². The first kappa shape index (κ1) is 29.0. The van der Waals surface area contributed by atoms with Crippen molar-refractivity contribution in [2.45, 2.75) is 22.2 Å². The second-order valence-corrected chi connectivity index (χ2v) is 14.3. The van der Waals surface area contributed by atoms with Crippen LogP contribution in [0.2, 0.25) is 0 Å². The van der Waals surface area contributed by atoms with Crippen LogP contribution < -0.4 is 0 Å². The Labute approximate surface area is 304 Å². The van der Waals surface area contributed by atoms with Crippen LogP contribution in [0.25, 0.3) is 0 Å². The van der Waals surface area contributed by atoms with Crippen LogP contribution in [-0.2, 0) is 16.2 Å². The van der Waals surface area contributed by atoms with Gasteiger partial charge in [0.1, 0.15) is 16.2 Å². The van der Waals surface area contributed by atoms with E-state index in [1.54, 1.807) is 0 Å². The summed E-state index contributed by atoms with van der Waals surface area (Å²) in [6.45, 7) is 0. The summed E-state index contributed by atoms with van der Waals surface area (Å²) in [4.78, 5) is 0. The van der Waals surface area contributed by atoms with Crippen LogP contribution in [0.4, 0.5) is 0 Å². The van der Waals surface area contributed by atoms with Gasteiger partial charge in [-0.1, -0.05) is 175 Å². The summed E-state index contributed by atoms with van der Waals surface area (Å²) in [7, 11) is 0. The fourth-order valence-electron chi connectivity index (χ4n) is 10.1. The summed E-state index contributed by atoms with van der Waals surface area (Å²) in [6, 6.07) is 60.9. The summed E-state index contributed by atoms with van der Waals surface area (Å²) in [5.74, 6) is 18.5. The van der Waals surface area contributed by atoms with Gasteiger partial charge in [0.05, 0.1) is 0 Å². The monoisotopic (exact) mass is 654 g/mol. The molecule has 0 unspecified atom stereocenters. The lowest BCUT2D eigenvalue weighted by atomic mass is 9.47. The van der Waals surface area contributed by atoms with Gasteiger partial charge in [-0.05, 0) is 91.0 Å². The van der Waals surface area contributed by atoms with Gasteiger partial charge in [-0.25, -0.2) is 0 Å². The van der Waals surface area contributed by atoms with E-state index in [1.165, 1.54) is 50.1 Å². The van der Waals surface area contributed by atoms with E-state index >= 15 is 0 Å². The van der Waals surface area contributed by atoms with Crippen molar-refractivity contribution in [3.8, 4) is 36.0 Å². The van der Waals surface area contributed by atoms with Crippen LogP contribution in [0, 0.1) is 36.0 Å². The molecule has 4 bridgehead atoms. The molecule has 0 aliphatic heterocycles. The molecule has 0 saturated heterocycles. The van der Waals surface area contributed by atoms with E-state index in [-0.39, 0.29) is 5.92 Å². The first-order chi connectivity index (χ1) is 25.7. The number of rotatable bonds is 0. The van der Waals surface area contributed by atoms with Gasteiger partial charge in [-0.3, -0.25) is 0 Å². The largest absolute Gasteiger partial charge is 0.118 e. The van der Waals surface area contributed by atoms with Crippen molar-refractivity contribution >= 4 is 0 Å². The van der Waals surface area contributed by atoms with E-state index in [0.29, 0.717) is 0 Å². The topological polar surface area (TPSA) is 0 Å². The van der Waals surface area contributed by atoms with Crippen LogP contribution >= 0.6 is 0 Å². The molecule has 0 spiro atoms. The van der Waals surface area contributed by atoms with Crippen molar-refractivity contribution in [1.29, 1.82) is 0 Å². The standard InChI is InChI=1S/C52H30/c1-2-50-43-21-9-12-24-46(43)52(47-25-13-10-22-44(47)50,48-26-14-11-23-45(48)50)34-32-36-29-27-35(28-30-36)31-33-51-40-18-6-3-15-37(40)49(38-16-4-7-19-41(38)51)39-17-5-8-20-42(39)51/h1,3-30,49H. The number of terminal acetylenes is 1. The van der Waals surface area contributed by atoms with Gasteiger partial charge in [-0.2, -0.15) is 0 Å². The van der Waals surface area contributed by atoms with Gasteiger partial charge >= 0.3 is 0 Å². The lowest BCUT2D eigenvalue weighted by Gasteiger charge is -2.52. The molecule has 0 aromatic heterocycles. The normalized spacial score (nSPS) is 22.7. The van der Waals surface area contributed by atoms with Crippen LogP contribution in [0.5, 0.6) is 0 Å². The molecule has 7 aromatic rings. The average Bonchev–Trinajstić information content (AvgIpc) is 3.22. The predicted octanol–water partition coefficient (Wildman–Crippen LogP) is 9.86. The molecule has 0 N–H and O–H groups in total. The average molecular weight is 655 g/mol. The molecule has 0 atom stereocenters. The molecule has 0 nitrogen and oxygen atoms in total. The third kappa shape index (κ3) is 3.41. The number of benzene rings is 7. The molecule has 0 heterocycles. The molecule has 7 aromatic carbocycles. The number of hydrogen-bond acceptors (Lipinski definition) is 0. The Hall–Kier alpha value is -6.78. The summed E-state index contributed by atoms with van der Waals surface area (Å²) in [5.41, 5.74) is 15.0.